The molecule has 2 aromatic heterocycles. The number of H-pyrrole nitrogens is 1. The lowest BCUT2D eigenvalue weighted by Crippen LogP contribution is -2.44. The van der Waals surface area contributed by atoms with Crippen LogP contribution in [0.1, 0.15) is 24.8 Å². The maximum absolute atomic E-state index is 12.8. The van der Waals surface area contributed by atoms with Crippen LogP contribution >= 0.6 is 0 Å². The topological polar surface area (TPSA) is 136 Å². The molecule has 2 bridgehead atoms. The molecule has 0 spiro atoms. The number of rotatable bonds is 9. The Morgan fingerprint density at radius 3 is 2.72 bits per heavy atom. The maximum atomic E-state index is 12.8. The highest BCUT2D eigenvalue weighted by molar-refractivity contribution is 5.92. The number of piperazine rings is 1. The van der Waals surface area contributed by atoms with Crippen molar-refractivity contribution < 1.29 is 22.7 Å². The Balaban J connectivity index is 1.35. The summed E-state index contributed by atoms with van der Waals surface area (Å²) in [4.78, 5) is 29.1. The van der Waals surface area contributed by atoms with Crippen molar-refractivity contribution in [2.24, 2.45) is 23.5 Å². The number of ether oxygens (including phenoxy) is 1. The average molecular weight is 595 g/mol. The molecule has 226 valence electrons. The normalized spacial score (nSPS) is 23.6. The Bertz CT molecular complexity index is 1590. The standard InChI is InChI=1S/C30H33F3N8O2/c1-40-8-10-41(11-9-40)20-5-6-21(22(14-20)43-12-2-7-30(31,32)33)28-38-26-25(19(15-34)16-36-29(26)39-28)37-24-18-4-3-17(13-18)23(24)27(35)42/h3-6,14,16-18,23-24H,2,7-13H2,1H3,(H2,35,42)(H2,36,37,38,39)/t17-,18+,23+,24-/m1/s1. The molecule has 1 saturated carbocycles. The van der Waals surface area contributed by atoms with Gasteiger partial charge in [0.2, 0.25) is 5.91 Å². The Kier molecular flexibility index (Phi) is 7.64. The monoisotopic (exact) mass is 594 g/mol. The van der Waals surface area contributed by atoms with E-state index in [1.54, 1.807) is 0 Å². The van der Waals surface area contributed by atoms with E-state index in [0.29, 0.717) is 34.0 Å². The number of primary amides is 1. The van der Waals surface area contributed by atoms with Crippen LogP contribution in [-0.4, -0.2) is 77.8 Å². The molecular weight excluding hydrogens is 561 g/mol. The number of halogens is 3. The highest BCUT2D eigenvalue weighted by Gasteiger charge is 2.47. The van der Waals surface area contributed by atoms with E-state index in [9.17, 15) is 23.2 Å². The van der Waals surface area contributed by atoms with Crippen LogP contribution in [-0.2, 0) is 4.79 Å². The molecule has 0 unspecified atom stereocenters. The zero-order valence-corrected chi connectivity index (χ0v) is 23.7. The second kappa shape index (κ2) is 11.4. The number of hydrogen-bond donors (Lipinski definition) is 3. The van der Waals surface area contributed by atoms with Gasteiger partial charge in [0.1, 0.15) is 23.2 Å². The fourth-order valence-electron chi connectivity index (χ4n) is 6.43. The summed E-state index contributed by atoms with van der Waals surface area (Å²) in [5, 5.41) is 13.3. The predicted molar refractivity (Wildman–Crippen MR) is 155 cm³/mol. The van der Waals surface area contributed by atoms with Crippen molar-refractivity contribution in [3.63, 3.8) is 0 Å². The summed E-state index contributed by atoms with van der Waals surface area (Å²) in [5.74, 6) is 0.145. The molecule has 43 heavy (non-hydrogen) atoms. The van der Waals surface area contributed by atoms with Gasteiger partial charge in [0, 0.05) is 56.6 Å². The number of imidazole rings is 1. The number of benzene rings is 1. The minimum atomic E-state index is -4.26. The SMILES string of the molecule is CN1CCN(c2ccc(-c3nc4ncc(C#N)c(N[C@H]5[C@@H](C(N)=O)[C@@H]6C=C[C@H]5C6)c4[nH]3)c(OCCCC(F)(F)F)c2)CC1. The molecule has 3 aliphatic rings. The van der Waals surface area contributed by atoms with E-state index in [1.165, 1.54) is 6.20 Å². The molecule has 4 N–H and O–H groups in total. The van der Waals surface area contributed by atoms with Crippen LogP contribution in [0.25, 0.3) is 22.6 Å². The molecule has 3 heterocycles. The lowest BCUT2D eigenvalue weighted by atomic mass is 9.88. The van der Waals surface area contributed by atoms with Crippen LogP contribution in [0.3, 0.4) is 0 Å². The molecule has 1 amide bonds. The van der Waals surface area contributed by atoms with E-state index in [2.05, 4.69) is 49.3 Å². The van der Waals surface area contributed by atoms with Crippen molar-refractivity contribution in [2.45, 2.75) is 31.5 Å². The molecule has 13 heteroatoms. The second-order valence-electron chi connectivity index (χ2n) is 11.5. The number of alkyl halides is 3. The van der Waals surface area contributed by atoms with Gasteiger partial charge in [-0.2, -0.15) is 18.4 Å². The van der Waals surface area contributed by atoms with E-state index in [1.807, 2.05) is 24.3 Å². The van der Waals surface area contributed by atoms with Gasteiger partial charge in [-0.1, -0.05) is 12.2 Å². The molecule has 3 aromatic rings. The molecule has 1 aliphatic heterocycles. The van der Waals surface area contributed by atoms with Crippen LogP contribution < -0.4 is 20.7 Å². The zero-order chi connectivity index (χ0) is 30.3. The lowest BCUT2D eigenvalue weighted by molar-refractivity contribution is -0.136. The first kappa shape index (κ1) is 28.8. The number of pyridine rings is 1. The Labute approximate surface area is 246 Å². The predicted octanol–water partition coefficient (Wildman–Crippen LogP) is 4.06. The van der Waals surface area contributed by atoms with Crippen LogP contribution in [0.4, 0.5) is 24.5 Å². The number of amides is 1. The highest BCUT2D eigenvalue weighted by Crippen LogP contribution is 2.46. The second-order valence-corrected chi connectivity index (χ2v) is 11.5. The van der Waals surface area contributed by atoms with Crippen molar-refractivity contribution in [2.75, 3.05) is 50.1 Å². The number of anilines is 2. The molecule has 0 radical (unpaired) electrons. The number of aromatic nitrogens is 3. The summed E-state index contributed by atoms with van der Waals surface area (Å²) in [5.41, 5.74) is 8.82. The number of carbonyl (C=O) groups is 1. The fraction of sp³-hybridized carbons (Fsp3) is 0.467. The van der Waals surface area contributed by atoms with Gasteiger partial charge in [0.05, 0.1) is 29.3 Å². The Morgan fingerprint density at radius 1 is 1.23 bits per heavy atom. The number of likely N-dealkylation sites (N-methyl/N-ethyl adjacent to an activating group) is 1. The van der Waals surface area contributed by atoms with Crippen molar-refractivity contribution >= 4 is 28.4 Å². The van der Waals surface area contributed by atoms with Crippen molar-refractivity contribution in [1.29, 1.82) is 5.26 Å². The fourth-order valence-corrected chi connectivity index (χ4v) is 6.43. The summed E-state index contributed by atoms with van der Waals surface area (Å²) in [7, 11) is 2.06. The van der Waals surface area contributed by atoms with Gasteiger partial charge in [0.15, 0.2) is 5.65 Å². The Morgan fingerprint density at radius 2 is 2.00 bits per heavy atom. The number of aromatic amines is 1. The van der Waals surface area contributed by atoms with E-state index in [4.69, 9.17) is 10.5 Å². The summed E-state index contributed by atoms with van der Waals surface area (Å²) in [6.45, 7) is 3.30. The number of nitrogens with zero attached hydrogens (tertiary/aromatic N) is 5. The van der Waals surface area contributed by atoms with Crippen molar-refractivity contribution in [3.8, 4) is 23.2 Å². The third-order valence-electron chi connectivity index (χ3n) is 8.69. The third-order valence-corrected chi connectivity index (χ3v) is 8.69. The van der Waals surface area contributed by atoms with Gasteiger partial charge in [0.25, 0.3) is 0 Å². The smallest absolute Gasteiger partial charge is 0.389 e. The van der Waals surface area contributed by atoms with Gasteiger partial charge in [-0.3, -0.25) is 4.79 Å². The number of carbonyl (C=O) groups excluding carboxylic acids is 1. The number of allylic oxidation sites excluding steroid dienone is 1. The Hall–Kier alpha value is -4.31. The first-order valence-corrected chi connectivity index (χ1v) is 14.4. The summed E-state index contributed by atoms with van der Waals surface area (Å²) in [6.07, 6.45) is 0.972. The highest BCUT2D eigenvalue weighted by atomic mass is 19.4. The van der Waals surface area contributed by atoms with E-state index >= 15 is 0 Å². The summed E-state index contributed by atoms with van der Waals surface area (Å²) in [6, 6.07) is 7.51. The zero-order valence-electron chi connectivity index (χ0n) is 23.7. The molecule has 1 saturated heterocycles. The first-order valence-electron chi connectivity index (χ1n) is 14.4. The summed E-state index contributed by atoms with van der Waals surface area (Å²) >= 11 is 0. The number of hydrogen-bond acceptors (Lipinski definition) is 8. The van der Waals surface area contributed by atoms with Gasteiger partial charge >= 0.3 is 6.18 Å². The van der Waals surface area contributed by atoms with Crippen molar-refractivity contribution in [1.82, 2.24) is 19.9 Å². The molecule has 6 rings (SSSR count). The number of nitrogens with two attached hydrogens (primary N) is 1. The van der Waals surface area contributed by atoms with Crippen molar-refractivity contribution in [3.05, 3.63) is 42.1 Å². The van der Waals surface area contributed by atoms with E-state index in [0.717, 1.165) is 38.3 Å². The molecule has 2 fully saturated rings. The minimum Gasteiger partial charge on any atom is -0.493 e. The van der Waals surface area contributed by atoms with E-state index < -0.39 is 24.4 Å². The molecule has 10 nitrogen and oxygen atoms in total. The number of nitrogens with one attached hydrogen (secondary N) is 2. The molecule has 4 atom stereocenters. The molecular formula is C30H33F3N8O2. The van der Waals surface area contributed by atoms with Crippen LogP contribution in [0.15, 0.2) is 36.5 Å². The van der Waals surface area contributed by atoms with Gasteiger partial charge in [-0.25, -0.2) is 9.97 Å². The van der Waals surface area contributed by atoms with E-state index in [-0.39, 0.29) is 36.5 Å². The first-order chi connectivity index (χ1) is 20.6. The van der Waals surface area contributed by atoms with Gasteiger partial charge < -0.3 is 30.6 Å². The minimum absolute atomic E-state index is 0.0519. The van der Waals surface area contributed by atoms with Crippen LogP contribution in [0, 0.1) is 29.1 Å². The van der Waals surface area contributed by atoms with Crippen LogP contribution in [0.2, 0.25) is 0 Å². The molecule has 2 aliphatic carbocycles. The lowest BCUT2D eigenvalue weighted by Gasteiger charge is -2.34. The third kappa shape index (κ3) is 5.84. The molecule has 1 aromatic carbocycles. The number of nitriles is 1. The summed E-state index contributed by atoms with van der Waals surface area (Å²) < 4.78 is 44.3. The maximum Gasteiger partial charge on any atom is 0.389 e. The van der Waals surface area contributed by atoms with Crippen LogP contribution in [0.5, 0.6) is 5.75 Å². The average Bonchev–Trinajstić information content (AvgIpc) is 3.70. The quantitative estimate of drug-likeness (QED) is 0.249. The largest absolute Gasteiger partial charge is 0.493 e. The number of fused-ring (bicyclic) bond motifs is 3. The van der Waals surface area contributed by atoms with Gasteiger partial charge in [-0.15, -0.1) is 0 Å². The van der Waals surface area contributed by atoms with Gasteiger partial charge in [-0.05, 0) is 43.9 Å².